The number of nitrogens with zero attached hydrogens (tertiary/aromatic N) is 5. The van der Waals surface area contributed by atoms with E-state index in [1.165, 1.54) is 12.5 Å². The van der Waals surface area contributed by atoms with Crippen LogP contribution in [-0.2, 0) is 20.7 Å². The zero-order valence-electron chi connectivity index (χ0n) is 35.6. The molecule has 7 rings (SSSR count). The highest BCUT2D eigenvalue weighted by Gasteiger charge is 2.37. The van der Waals surface area contributed by atoms with Crippen molar-refractivity contribution in [2.75, 3.05) is 58.9 Å². The van der Waals surface area contributed by atoms with Crippen molar-refractivity contribution in [3.05, 3.63) is 75.5 Å². The molecule has 324 valence electrons. The lowest BCUT2D eigenvalue weighted by atomic mass is 9.81. The molecule has 1 saturated carbocycles. The number of alkyl carbamates (subject to hydrolysis) is 1. The number of rotatable bonds is 10. The van der Waals surface area contributed by atoms with Gasteiger partial charge >= 0.3 is 6.09 Å². The molecule has 0 bridgehead atoms. The molecule has 3 aliphatic heterocycles. The van der Waals surface area contributed by atoms with Crippen molar-refractivity contribution < 1.29 is 28.3 Å². The summed E-state index contributed by atoms with van der Waals surface area (Å²) in [7, 11) is 0. The molecule has 4 aliphatic rings. The minimum atomic E-state index is -0.627. The van der Waals surface area contributed by atoms with E-state index in [0.717, 1.165) is 70.9 Å². The van der Waals surface area contributed by atoms with E-state index in [9.17, 15) is 24.0 Å². The number of carbonyl (C=O) groups is 4. The first kappa shape index (κ1) is 43.2. The highest BCUT2D eigenvalue weighted by molar-refractivity contribution is 5.95. The Morgan fingerprint density at radius 1 is 0.817 bits per heavy atom. The molecule has 1 aliphatic carbocycles. The van der Waals surface area contributed by atoms with Crippen LogP contribution in [-0.4, -0.2) is 124 Å². The average molecular weight is 828 g/mol. The zero-order chi connectivity index (χ0) is 42.4. The van der Waals surface area contributed by atoms with E-state index in [-0.39, 0.29) is 28.9 Å². The average Bonchev–Trinajstić information content (AvgIpc) is 3.25. The van der Waals surface area contributed by atoms with Crippen LogP contribution in [0.15, 0.2) is 47.3 Å². The summed E-state index contributed by atoms with van der Waals surface area (Å²) >= 11 is 0. The third-order valence-electron chi connectivity index (χ3n) is 13.0. The van der Waals surface area contributed by atoms with E-state index >= 15 is 4.39 Å². The monoisotopic (exact) mass is 827 g/mol. The van der Waals surface area contributed by atoms with E-state index in [1.807, 2.05) is 42.7 Å². The molecule has 3 aromatic rings. The van der Waals surface area contributed by atoms with Gasteiger partial charge in [-0.1, -0.05) is 43.5 Å². The third-order valence-corrected chi connectivity index (χ3v) is 13.0. The van der Waals surface area contributed by atoms with Crippen LogP contribution in [0.5, 0.6) is 0 Å². The lowest BCUT2D eigenvalue weighted by Crippen LogP contribution is -2.55. The van der Waals surface area contributed by atoms with Crippen LogP contribution in [0.2, 0.25) is 0 Å². The van der Waals surface area contributed by atoms with Crippen molar-refractivity contribution in [2.24, 2.45) is 17.8 Å². The molecule has 60 heavy (non-hydrogen) atoms. The predicted octanol–water partition coefficient (Wildman–Crippen LogP) is 5.75. The van der Waals surface area contributed by atoms with Crippen molar-refractivity contribution >= 4 is 34.6 Å². The Hall–Kier alpha value is -4.85. The molecule has 4 fully saturated rings. The third kappa shape index (κ3) is 10.9. The number of aromatic nitrogens is 2. The van der Waals surface area contributed by atoms with Gasteiger partial charge in [-0.2, -0.15) is 5.10 Å². The van der Waals surface area contributed by atoms with Gasteiger partial charge < -0.3 is 24.8 Å². The number of benzene rings is 2. The molecule has 2 aromatic carbocycles. The maximum Gasteiger partial charge on any atom is 0.408 e. The number of ether oxygens (including phenoxy) is 1. The number of hydrogen-bond donors (Lipinski definition) is 2. The summed E-state index contributed by atoms with van der Waals surface area (Å²) in [6.45, 7) is 10.5. The number of aromatic amines is 1. The van der Waals surface area contributed by atoms with E-state index < -0.39 is 29.5 Å². The zero-order valence-corrected chi connectivity index (χ0v) is 35.6. The van der Waals surface area contributed by atoms with Crippen LogP contribution in [0.25, 0.3) is 10.8 Å². The van der Waals surface area contributed by atoms with Gasteiger partial charge in [-0.25, -0.2) is 14.3 Å². The van der Waals surface area contributed by atoms with E-state index in [0.29, 0.717) is 86.1 Å². The topological polar surface area (TPSA) is 148 Å². The van der Waals surface area contributed by atoms with Gasteiger partial charge in [0, 0.05) is 51.1 Å². The molecular weight excluding hydrogens is 766 g/mol. The second kappa shape index (κ2) is 19.2. The van der Waals surface area contributed by atoms with Crippen LogP contribution < -0.4 is 10.9 Å². The number of likely N-dealkylation sites (tertiary alicyclic amines) is 2. The number of hydrogen-bond acceptors (Lipinski definition) is 8. The number of amides is 4. The lowest BCUT2D eigenvalue weighted by Gasteiger charge is -2.39. The fourth-order valence-electron chi connectivity index (χ4n) is 9.69. The molecular formula is C46H62FN7O6. The highest BCUT2D eigenvalue weighted by Crippen LogP contribution is 2.32. The second-order valence-electron chi connectivity index (χ2n) is 18.5. The first-order valence-electron chi connectivity index (χ1n) is 22.1. The first-order valence-corrected chi connectivity index (χ1v) is 22.1. The van der Waals surface area contributed by atoms with Crippen LogP contribution in [0, 0.1) is 23.6 Å². The smallest absolute Gasteiger partial charge is 0.408 e. The summed E-state index contributed by atoms with van der Waals surface area (Å²) in [5.74, 6) is 0.375. The molecule has 1 aromatic heterocycles. The Labute approximate surface area is 352 Å². The summed E-state index contributed by atoms with van der Waals surface area (Å²) in [5, 5.41) is 11.0. The van der Waals surface area contributed by atoms with Gasteiger partial charge in [0.15, 0.2) is 0 Å². The van der Waals surface area contributed by atoms with Gasteiger partial charge in [0.2, 0.25) is 11.8 Å². The van der Waals surface area contributed by atoms with Gasteiger partial charge in [-0.3, -0.25) is 24.1 Å². The Kier molecular flexibility index (Phi) is 13.9. The lowest BCUT2D eigenvalue weighted by molar-refractivity contribution is -0.137. The Balaban J connectivity index is 0.828. The first-order chi connectivity index (χ1) is 28.8. The number of carbonyl (C=O) groups excluding carboxylic acids is 4. The standard InChI is InChI=1S/C46H62FN7O6/c1-46(2,3)60-45(59)48-41(34-9-5-4-6-10-34)44(58)53-21-17-32(18-22-53)27-31-15-19-51(20-16-31)30-40(55)52-23-25-54(26-24-52)43(57)37-28-33(13-14-38(37)47)29-39-35-11-7-8-12-36(35)42(56)50-49-39/h7-8,11-14,28,31-32,34,41H,4-6,9-10,15-27,29-30H2,1-3H3,(H,48,59)(H,50,56). The van der Waals surface area contributed by atoms with Crippen molar-refractivity contribution in [3.63, 3.8) is 0 Å². The van der Waals surface area contributed by atoms with Crippen LogP contribution in [0.3, 0.4) is 0 Å². The van der Waals surface area contributed by atoms with Crippen molar-refractivity contribution in [3.8, 4) is 0 Å². The maximum atomic E-state index is 15.0. The molecule has 14 heteroatoms. The SMILES string of the molecule is CC(C)(C)OC(=O)NC(C(=O)N1CCC(CC2CCN(CC(=O)N3CCN(C(=O)c4cc(Cc5n[nH]c(=O)c6ccccc56)ccc4F)CC3)CC2)CC1)C1CCCCC1. The second-order valence-corrected chi connectivity index (χ2v) is 18.5. The highest BCUT2D eigenvalue weighted by atomic mass is 19.1. The van der Waals surface area contributed by atoms with Crippen LogP contribution >= 0.6 is 0 Å². The Morgan fingerprint density at radius 3 is 2.12 bits per heavy atom. The number of piperidine rings is 2. The molecule has 4 heterocycles. The molecule has 13 nitrogen and oxygen atoms in total. The van der Waals surface area contributed by atoms with Gasteiger partial charge in [-0.15, -0.1) is 0 Å². The van der Waals surface area contributed by atoms with E-state index in [1.54, 1.807) is 29.2 Å². The molecule has 2 N–H and O–H groups in total. The number of nitrogens with one attached hydrogen (secondary N) is 2. The fraction of sp³-hybridized carbons (Fsp3) is 0.609. The minimum Gasteiger partial charge on any atom is -0.444 e. The van der Waals surface area contributed by atoms with Crippen molar-refractivity contribution in [1.82, 2.24) is 35.1 Å². The largest absolute Gasteiger partial charge is 0.444 e. The number of piperazine rings is 1. The maximum absolute atomic E-state index is 15.0. The number of H-pyrrole nitrogens is 1. The summed E-state index contributed by atoms with van der Waals surface area (Å²) in [6, 6.07) is 11.1. The van der Waals surface area contributed by atoms with Crippen molar-refractivity contribution in [1.29, 1.82) is 0 Å². The van der Waals surface area contributed by atoms with Gasteiger partial charge in [-0.05, 0) is 120 Å². The fourth-order valence-corrected chi connectivity index (χ4v) is 9.69. The van der Waals surface area contributed by atoms with Crippen LogP contribution in [0.4, 0.5) is 9.18 Å². The van der Waals surface area contributed by atoms with Crippen LogP contribution in [0.1, 0.15) is 107 Å². The quantitative estimate of drug-likeness (QED) is 0.263. The molecule has 3 saturated heterocycles. The summed E-state index contributed by atoms with van der Waals surface area (Å²) < 4.78 is 20.6. The van der Waals surface area contributed by atoms with Crippen molar-refractivity contribution in [2.45, 2.75) is 103 Å². The van der Waals surface area contributed by atoms with E-state index in [2.05, 4.69) is 20.4 Å². The van der Waals surface area contributed by atoms with Gasteiger partial charge in [0.25, 0.3) is 11.5 Å². The molecule has 0 spiro atoms. The summed E-state index contributed by atoms with van der Waals surface area (Å²) in [6.07, 6.45) is 10.2. The van der Waals surface area contributed by atoms with E-state index in [4.69, 9.17) is 4.74 Å². The molecule has 1 atom stereocenters. The molecule has 0 radical (unpaired) electrons. The van der Waals surface area contributed by atoms with Gasteiger partial charge in [0.05, 0.1) is 23.2 Å². The minimum absolute atomic E-state index is 0.0150. The summed E-state index contributed by atoms with van der Waals surface area (Å²) in [4.78, 5) is 73.3. The molecule has 4 amide bonds. The van der Waals surface area contributed by atoms with Gasteiger partial charge in [0.1, 0.15) is 17.5 Å². The predicted molar refractivity (Wildman–Crippen MR) is 227 cm³/mol. The number of halogens is 1. The Bertz CT molecular complexity index is 2060. The molecule has 1 unspecified atom stereocenters. The Morgan fingerprint density at radius 2 is 1.45 bits per heavy atom. The number of fused-ring (bicyclic) bond motifs is 1. The summed E-state index contributed by atoms with van der Waals surface area (Å²) in [5.41, 5.74) is 0.413. The normalized spacial score (nSPS) is 19.6.